The summed E-state index contributed by atoms with van der Waals surface area (Å²) >= 11 is 0. The number of benzene rings is 1. The number of nitrogens with zero attached hydrogens (tertiary/aromatic N) is 1. The number of furan rings is 1. The predicted octanol–water partition coefficient (Wildman–Crippen LogP) is 6.81. The van der Waals surface area contributed by atoms with Crippen molar-refractivity contribution in [1.29, 1.82) is 0 Å². The Bertz CT molecular complexity index is 1080. The molecule has 1 aromatic carbocycles. The van der Waals surface area contributed by atoms with Crippen LogP contribution in [0.3, 0.4) is 0 Å². The first kappa shape index (κ1) is 25.3. The molecular formula is C30H40N2O3. The van der Waals surface area contributed by atoms with Crippen LogP contribution in [0.1, 0.15) is 76.7 Å². The summed E-state index contributed by atoms with van der Waals surface area (Å²) in [5.74, 6) is 0.736. The zero-order chi connectivity index (χ0) is 25.4. The van der Waals surface area contributed by atoms with Gasteiger partial charge in [0.1, 0.15) is 11.3 Å². The third kappa shape index (κ3) is 4.82. The van der Waals surface area contributed by atoms with Crippen LogP contribution in [0, 0.1) is 31.1 Å². The van der Waals surface area contributed by atoms with E-state index in [1.54, 1.807) is 6.26 Å². The molecule has 2 unspecified atom stereocenters. The maximum atomic E-state index is 14.3. The normalized spacial score (nSPS) is 22.2. The molecule has 2 atom stereocenters. The number of hydrogen-bond donors (Lipinski definition) is 1. The van der Waals surface area contributed by atoms with E-state index in [4.69, 9.17) is 4.42 Å². The van der Waals surface area contributed by atoms with Crippen LogP contribution in [-0.2, 0) is 16.1 Å². The number of allylic oxidation sites excluding steroid dienone is 2. The van der Waals surface area contributed by atoms with Crippen LogP contribution in [0.2, 0.25) is 0 Å². The summed E-state index contributed by atoms with van der Waals surface area (Å²) in [4.78, 5) is 30.4. The maximum Gasteiger partial charge on any atom is 0.250 e. The Morgan fingerprint density at radius 1 is 1.06 bits per heavy atom. The van der Waals surface area contributed by atoms with Gasteiger partial charge in [0.25, 0.3) is 0 Å². The molecule has 2 aliphatic carbocycles. The van der Waals surface area contributed by atoms with Crippen molar-refractivity contribution < 1.29 is 14.0 Å². The number of rotatable bonds is 7. The minimum absolute atomic E-state index is 0.0625. The van der Waals surface area contributed by atoms with Gasteiger partial charge < -0.3 is 14.6 Å². The quantitative estimate of drug-likeness (QED) is 0.447. The van der Waals surface area contributed by atoms with Crippen molar-refractivity contribution in [2.75, 3.05) is 5.32 Å². The third-order valence-electron chi connectivity index (χ3n) is 8.19. The number of nitrogens with one attached hydrogen (secondary N) is 1. The maximum absolute atomic E-state index is 14.3. The smallest absolute Gasteiger partial charge is 0.250 e. The standard InChI is InChI=1S/C30H40N2O3/c1-20(2)18-24-25(29(24,5)6)27(33)32(19-23-14-11-17-35-23)30(15-8-7-9-16-30)28(34)31-26-21(3)12-10-13-22(26)4/h10-14,17-18,24-25H,7-9,15-16,19H2,1-6H3,(H,31,34). The predicted molar refractivity (Wildman–Crippen MR) is 140 cm³/mol. The largest absolute Gasteiger partial charge is 0.467 e. The summed E-state index contributed by atoms with van der Waals surface area (Å²) in [5.41, 5.74) is 3.10. The summed E-state index contributed by atoms with van der Waals surface area (Å²) in [6.45, 7) is 12.8. The molecule has 0 spiro atoms. The Balaban J connectivity index is 1.74. The number of carbonyl (C=O) groups is 2. The van der Waals surface area contributed by atoms with Crippen LogP contribution < -0.4 is 5.32 Å². The van der Waals surface area contributed by atoms with Crippen LogP contribution in [0.4, 0.5) is 5.69 Å². The highest BCUT2D eigenvalue weighted by Crippen LogP contribution is 2.60. The van der Waals surface area contributed by atoms with Gasteiger partial charge in [0.15, 0.2) is 0 Å². The minimum Gasteiger partial charge on any atom is -0.467 e. The van der Waals surface area contributed by atoms with E-state index in [-0.39, 0.29) is 29.1 Å². The summed E-state index contributed by atoms with van der Waals surface area (Å²) in [7, 11) is 0. The summed E-state index contributed by atoms with van der Waals surface area (Å²) in [6, 6.07) is 9.76. The average molecular weight is 477 g/mol. The van der Waals surface area contributed by atoms with Crippen molar-refractivity contribution in [3.63, 3.8) is 0 Å². The second-order valence-corrected chi connectivity index (χ2v) is 11.4. The second kappa shape index (κ2) is 9.67. The molecule has 2 aliphatic rings. The van der Waals surface area contributed by atoms with Crippen molar-refractivity contribution in [3.8, 4) is 0 Å². The zero-order valence-corrected chi connectivity index (χ0v) is 22.1. The van der Waals surface area contributed by atoms with E-state index < -0.39 is 5.54 Å². The fourth-order valence-electron chi connectivity index (χ4n) is 5.98. The summed E-state index contributed by atoms with van der Waals surface area (Å²) < 4.78 is 5.69. The van der Waals surface area contributed by atoms with E-state index in [1.165, 1.54) is 5.57 Å². The second-order valence-electron chi connectivity index (χ2n) is 11.4. The van der Waals surface area contributed by atoms with Crippen molar-refractivity contribution in [3.05, 3.63) is 65.1 Å². The number of para-hydroxylation sites is 1. The Hall–Kier alpha value is -2.82. The van der Waals surface area contributed by atoms with Gasteiger partial charge in [-0.1, -0.05) is 63.0 Å². The Kier molecular flexibility index (Phi) is 6.99. The van der Waals surface area contributed by atoms with Crippen molar-refractivity contribution in [2.45, 2.75) is 85.7 Å². The fraction of sp³-hybridized carbons (Fsp3) is 0.533. The van der Waals surface area contributed by atoms with E-state index in [0.29, 0.717) is 25.1 Å². The molecule has 0 aliphatic heterocycles. The number of anilines is 1. The minimum atomic E-state index is -0.898. The molecule has 2 fully saturated rings. The van der Waals surface area contributed by atoms with Gasteiger partial charge in [0.05, 0.1) is 18.7 Å². The number of carbonyl (C=O) groups excluding carboxylic acids is 2. The first-order chi connectivity index (χ1) is 16.6. The van der Waals surface area contributed by atoms with Gasteiger partial charge in [-0.25, -0.2) is 0 Å². The average Bonchev–Trinajstić information content (AvgIpc) is 3.14. The van der Waals surface area contributed by atoms with Crippen LogP contribution >= 0.6 is 0 Å². The fourth-order valence-corrected chi connectivity index (χ4v) is 5.98. The van der Waals surface area contributed by atoms with Gasteiger partial charge >= 0.3 is 0 Å². The molecule has 1 aromatic heterocycles. The lowest BCUT2D eigenvalue weighted by Crippen LogP contribution is -2.60. The first-order valence-electron chi connectivity index (χ1n) is 12.9. The third-order valence-corrected chi connectivity index (χ3v) is 8.19. The zero-order valence-electron chi connectivity index (χ0n) is 22.1. The molecule has 2 amide bonds. The van der Waals surface area contributed by atoms with Crippen LogP contribution in [0.15, 0.2) is 52.7 Å². The van der Waals surface area contributed by atoms with Crippen LogP contribution in [0.25, 0.3) is 0 Å². The summed E-state index contributed by atoms with van der Waals surface area (Å²) in [6.07, 6.45) is 8.11. The molecule has 2 saturated carbocycles. The van der Waals surface area contributed by atoms with Gasteiger partial charge in [-0.2, -0.15) is 0 Å². The topological polar surface area (TPSA) is 62.6 Å². The Morgan fingerprint density at radius 2 is 1.71 bits per heavy atom. The molecule has 2 aromatic rings. The molecule has 4 rings (SSSR count). The first-order valence-corrected chi connectivity index (χ1v) is 12.9. The molecule has 5 heteroatoms. The lowest BCUT2D eigenvalue weighted by molar-refractivity contribution is -0.151. The van der Waals surface area contributed by atoms with Crippen molar-refractivity contribution >= 4 is 17.5 Å². The molecule has 0 radical (unpaired) electrons. The number of hydrogen-bond acceptors (Lipinski definition) is 3. The molecule has 5 nitrogen and oxygen atoms in total. The highest BCUT2D eigenvalue weighted by atomic mass is 16.3. The number of amides is 2. The van der Waals surface area contributed by atoms with Gasteiger partial charge in [0, 0.05) is 5.69 Å². The molecule has 1 N–H and O–H groups in total. The van der Waals surface area contributed by atoms with E-state index in [9.17, 15) is 9.59 Å². The van der Waals surface area contributed by atoms with Gasteiger partial charge in [-0.3, -0.25) is 9.59 Å². The Morgan fingerprint density at radius 3 is 2.29 bits per heavy atom. The van der Waals surface area contributed by atoms with E-state index in [0.717, 1.165) is 36.1 Å². The molecule has 188 valence electrons. The monoisotopic (exact) mass is 476 g/mol. The van der Waals surface area contributed by atoms with E-state index in [2.05, 4.69) is 39.1 Å². The van der Waals surface area contributed by atoms with Crippen molar-refractivity contribution in [1.82, 2.24) is 4.90 Å². The highest BCUT2D eigenvalue weighted by molar-refractivity contribution is 6.02. The summed E-state index contributed by atoms with van der Waals surface area (Å²) in [5, 5.41) is 3.25. The lowest BCUT2D eigenvalue weighted by Gasteiger charge is -2.45. The molecule has 0 saturated heterocycles. The van der Waals surface area contributed by atoms with Gasteiger partial charge in [-0.05, 0) is 75.1 Å². The van der Waals surface area contributed by atoms with Crippen LogP contribution in [-0.4, -0.2) is 22.3 Å². The van der Waals surface area contributed by atoms with E-state index >= 15 is 0 Å². The lowest BCUT2D eigenvalue weighted by atomic mass is 9.78. The molecule has 0 bridgehead atoms. The molecule has 35 heavy (non-hydrogen) atoms. The highest BCUT2D eigenvalue weighted by Gasteiger charge is 2.63. The van der Waals surface area contributed by atoms with Gasteiger partial charge in [0.2, 0.25) is 11.8 Å². The molecule has 1 heterocycles. The van der Waals surface area contributed by atoms with Gasteiger partial charge in [-0.15, -0.1) is 0 Å². The van der Waals surface area contributed by atoms with Crippen molar-refractivity contribution in [2.24, 2.45) is 17.3 Å². The SMILES string of the molecule is CC(C)=CC1C(C(=O)N(Cc2ccco2)C2(C(=O)Nc3c(C)cccc3C)CCCCC2)C1(C)C. The number of aryl methyl sites for hydroxylation is 2. The van der Waals surface area contributed by atoms with E-state index in [1.807, 2.05) is 49.1 Å². The van der Waals surface area contributed by atoms with Crippen LogP contribution in [0.5, 0.6) is 0 Å². The molecular weight excluding hydrogens is 436 g/mol. The Labute approximate surface area is 210 Å².